The average molecular weight is 459 g/mol. The van der Waals surface area contributed by atoms with Gasteiger partial charge in [-0.15, -0.1) is 0 Å². The zero-order chi connectivity index (χ0) is 24.1. The van der Waals surface area contributed by atoms with Crippen LogP contribution in [0, 0.1) is 17.2 Å². The Bertz CT molecular complexity index is 1320. The van der Waals surface area contributed by atoms with E-state index in [4.69, 9.17) is 15.1 Å². The standard InChI is InChI=1S/C24H21N5O5/c25-12-17-4-2-6-20(10-17)29-8-7-22(30)21(27-29)11-16-3-1-5-19(9-16)26-23(31)34-15-18-13-28(14-18)24(32)33/h1-10,18H,11,13-15H2,(H,26,31)(H,32,33). The second-order valence-corrected chi connectivity index (χ2v) is 7.89. The van der Waals surface area contributed by atoms with Crippen LogP contribution in [0.3, 0.4) is 0 Å². The number of nitrogens with one attached hydrogen (secondary N) is 1. The van der Waals surface area contributed by atoms with Crippen LogP contribution in [0.4, 0.5) is 15.3 Å². The number of likely N-dealkylation sites (tertiary alicyclic amines) is 1. The zero-order valence-corrected chi connectivity index (χ0v) is 18.0. The summed E-state index contributed by atoms with van der Waals surface area (Å²) < 4.78 is 6.73. The number of anilines is 1. The van der Waals surface area contributed by atoms with E-state index < -0.39 is 12.2 Å². The van der Waals surface area contributed by atoms with Crippen LogP contribution in [0.15, 0.2) is 65.6 Å². The van der Waals surface area contributed by atoms with E-state index in [0.717, 1.165) is 5.56 Å². The summed E-state index contributed by atoms with van der Waals surface area (Å²) >= 11 is 0. The molecule has 10 nitrogen and oxygen atoms in total. The number of carbonyl (C=O) groups is 2. The number of hydrogen-bond donors (Lipinski definition) is 2. The molecular formula is C24H21N5O5. The highest BCUT2D eigenvalue weighted by Crippen LogP contribution is 2.17. The molecule has 1 fully saturated rings. The predicted molar refractivity (Wildman–Crippen MR) is 122 cm³/mol. The number of aromatic nitrogens is 2. The number of ether oxygens (including phenoxy) is 1. The Morgan fingerprint density at radius 2 is 1.97 bits per heavy atom. The van der Waals surface area contributed by atoms with Crippen LogP contribution in [0.1, 0.15) is 16.8 Å². The minimum Gasteiger partial charge on any atom is -0.465 e. The Kier molecular flexibility index (Phi) is 6.54. The maximum Gasteiger partial charge on any atom is 0.411 e. The summed E-state index contributed by atoms with van der Waals surface area (Å²) in [4.78, 5) is 36.5. The SMILES string of the molecule is N#Cc1cccc(-n2ccc(=O)c(Cc3cccc(NC(=O)OCC4CN(C(=O)O)C4)c3)n2)c1. The van der Waals surface area contributed by atoms with Gasteiger partial charge in [0.1, 0.15) is 5.69 Å². The molecule has 0 bridgehead atoms. The third-order valence-corrected chi connectivity index (χ3v) is 5.34. The molecule has 1 aliphatic rings. The molecule has 2 amide bonds. The molecule has 0 atom stereocenters. The first-order chi connectivity index (χ1) is 16.4. The maximum absolute atomic E-state index is 12.4. The van der Waals surface area contributed by atoms with Crippen molar-refractivity contribution in [3.63, 3.8) is 0 Å². The first-order valence-corrected chi connectivity index (χ1v) is 10.5. The molecule has 0 aliphatic carbocycles. The zero-order valence-electron chi connectivity index (χ0n) is 18.0. The van der Waals surface area contributed by atoms with Gasteiger partial charge in [-0.25, -0.2) is 14.3 Å². The van der Waals surface area contributed by atoms with Gasteiger partial charge in [-0.3, -0.25) is 10.1 Å². The fourth-order valence-corrected chi connectivity index (χ4v) is 3.56. The predicted octanol–water partition coefficient (Wildman–Crippen LogP) is 2.85. The van der Waals surface area contributed by atoms with Crippen molar-refractivity contribution < 1.29 is 19.4 Å². The van der Waals surface area contributed by atoms with Gasteiger partial charge < -0.3 is 14.7 Å². The summed E-state index contributed by atoms with van der Waals surface area (Å²) in [7, 11) is 0. The number of nitriles is 1. The summed E-state index contributed by atoms with van der Waals surface area (Å²) in [5.74, 6) is -0.00614. The minimum absolute atomic E-state index is 0.00614. The molecule has 3 aromatic rings. The Labute approximate surface area is 194 Å². The lowest BCUT2D eigenvalue weighted by Crippen LogP contribution is -2.51. The van der Waals surface area contributed by atoms with E-state index >= 15 is 0 Å². The molecule has 1 aliphatic heterocycles. The number of nitrogens with zero attached hydrogens (tertiary/aromatic N) is 4. The summed E-state index contributed by atoms with van der Waals surface area (Å²) in [6, 6.07) is 17.4. The Balaban J connectivity index is 1.39. The first kappa shape index (κ1) is 22.5. The van der Waals surface area contributed by atoms with Gasteiger partial charge in [0.15, 0.2) is 0 Å². The molecule has 0 radical (unpaired) electrons. The van der Waals surface area contributed by atoms with Crippen LogP contribution >= 0.6 is 0 Å². The minimum atomic E-state index is -0.979. The van der Waals surface area contributed by atoms with Crippen molar-refractivity contribution in [2.24, 2.45) is 5.92 Å². The van der Waals surface area contributed by atoms with Crippen LogP contribution in [0.2, 0.25) is 0 Å². The molecule has 0 unspecified atom stereocenters. The van der Waals surface area contributed by atoms with Crippen molar-refractivity contribution in [1.29, 1.82) is 5.26 Å². The molecule has 0 spiro atoms. The molecule has 172 valence electrons. The average Bonchev–Trinajstić information content (AvgIpc) is 2.79. The molecule has 2 heterocycles. The van der Waals surface area contributed by atoms with Crippen LogP contribution < -0.4 is 10.7 Å². The summed E-state index contributed by atoms with van der Waals surface area (Å²) in [6.07, 6.45) is 0.181. The van der Waals surface area contributed by atoms with Crippen molar-refractivity contribution >= 4 is 17.9 Å². The largest absolute Gasteiger partial charge is 0.465 e. The van der Waals surface area contributed by atoms with Crippen molar-refractivity contribution in [3.05, 3.63) is 87.8 Å². The molecule has 10 heteroatoms. The van der Waals surface area contributed by atoms with E-state index in [1.807, 2.05) is 6.07 Å². The second-order valence-electron chi connectivity index (χ2n) is 7.89. The lowest BCUT2D eigenvalue weighted by atomic mass is 10.0. The Morgan fingerprint density at radius 3 is 2.74 bits per heavy atom. The highest BCUT2D eigenvalue weighted by Gasteiger charge is 2.31. The molecule has 2 aromatic carbocycles. The Hall–Kier alpha value is -4.65. The van der Waals surface area contributed by atoms with Gasteiger partial charge in [0.25, 0.3) is 0 Å². The van der Waals surface area contributed by atoms with E-state index in [-0.39, 0.29) is 24.4 Å². The number of benzene rings is 2. The van der Waals surface area contributed by atoms with E-state index in [2.05, 4.69) is 16.5 Å². The summed E-state index contributed by atoms with van der Waals surface area (Å²) in [5, 5.41) is 25.0. The van der Waals surface area contributed by atoms with Crippen LogP contribution in [-0.2, 0) is 11.2 Å². The molecule has 34 heavy (non-hydrogen) atoms. The Morgan fingerprint density at radius 1 is 1.18 bits per heavy atom. The molecular weight excluding hydrogens is 438 g/mol. The van der Waals surface area contributed by atoms with Crippen molar-refractivity contribution in [1.82, 2.24) is 14.7 Å². The molecule has 1 aromatic heterocycles. The highest BCUT2D eigenvalue weighted by atomic mass is 16.5. The number of amides is 2. The lowest BCUT2D eigenvalue weighted by molar-refractivity contribution is 0.0457. The number of carbonyl (C=O) groups excluding carboxylic acids is 1. The van der Waals surface area contributed by atoms with Gasteiger partial charge in [-0.05, 0) is 35.9 Å². The topological polar surface area (TPSA) is 138 Å². The molecule has 4 rings (SSSR count). The van der Waals surface area contributed by atoms with E-state index in [9.17, 15) is 14.4 Å². The van der Waals surface area contributed by atoms with Gasteiger partial charge in [0, 0.05) is 43.4 Å². The lowest BCUT2D eigenvalue weighted by Gasteiger charge is -2.36. The second kappa shape index (κ2) is 9.87. The molecule has 1 saturated heterocycles. The summed E-state index contributed by atoms with van der Waals surface area (Å²) in [5.41, 5.74) is 2.51. The van der Waals surface area contributed by atoms with Crippen LogP contribution in [-0.4, -0.2) is 51.7 Å². The van der Waals surface area contributed by atoms with Gasteiger partial charge in [-0.2, -0.15) is 10.4 Å². The van der Waals surface area contributed by atoms with Gasteiger partial charge in [0.2, 0.25) is 5.43 Å². The van der Waals surface area contributed by atoms with Crippen molar-refractivity contribution in [2.75, 3.05) is 25.0 Å². The number of rotatable bonds is 6. The van der Waals surface area contributed by atoms with Crippen LogP contribution in [0.25, 0.3) is 5.69 Å². The normalized spacial score (nSPS) is 13.0. The fourth-order valence-electron chi connectivity index (χ4n) is 3.56. The van der Waals surface area contributed by atoms with Gasteiger partial charge >= 0.3 is 12.2 Å². The van der Waals surface area contributed by atoms with Gasteiger partial charge in [-0.1, -0.05) is 18.2 Å². The van der Waals surface area contributed by atoms with Gasteiger partial charge in [0.05, 0.1) is 23.9 Å². The summed E-state index contributed by atoms with van der Waals surface area (Å²) in [6.45, 7) is 0.830. The third-order valence-electron chi connectivity index (χ3n) is 5.34. The third kappa shape index (κ3) is 5.39. The van der Waals surface area contributed by atoms with E-state index in [1.54, 1.807) is 53.3 Å². The monoisotopic (exact) mass is 459 g/mol. The highest BCUT2D eigenvalue weighted by molar-refractivity contribution is 5.84. The van der Waals surface area contributed by atoms with Crippen molar-refractivity contribution in [2.45, 2.75) is 6.42 Å². The quantitative estimate of drug-likeness (QED) is 0.578. The van der Waals surface area contributed by atoms with Crippen LogP contribution in [0.5, 0.6) is 0 Å². The molecule has 0 saturated carbocycles. The maximum atomic E-state index is 12.4. The number of hydrogen-bond acceptors (Lipinski definition) is 6. The smallest absolute Gasteiger partial charge is 0.411 e. The van der Waals surface area contributed by atoms with E-state index in [1.165, 1.54) is 11.0 Å². The first-order valence-electron chi connectivity index (χ1n) is 10.5. The van der Waals surface area contributed by atoms with Crippen molar-refractivity contribution in [3.8, 4) is 11.8 Å². The number of carboxylic acid groups (broad SMARTS) is 1. The molecule has 2 N–H and O–H groups in total. The fraction of sp³-hybridized carbons (Fsp3) is 0.208. The van der Waals surface area contributed by atoms with E-state index in [0.29, 0.717) is 35.7 Å².